The van der Waals surface area contributed by atoms with Crippen molar-refractivity contribution < 1.29 is 34.7 Å². The molecule has 0 aliphatic heterocycles. The molecule has 0 spiro atoms. The summed E-state index contributed by atoms with van der Waals surface area (Å²) in [6.45, 7) is 4.34. The molecule has 0 radical (unpaired) electrons. The normalized spacial score (nSPS) is 10.7. The van der Waals surface area contributed by atoms with Crippen LogP contribution in [0.1, 0.15) is 25.0 Å². The van der Waals surface area contributed by atoms with Crippen molar-refractivity contribution in [3.05, 3.63) is 65.7 Å². The van der Waals surface area contributed by atoms with E-state index in [1.807, 2.05) is 30.3 Å². The van der Waals surface area contributed by atoms with Gasteiger partial charge in [-0.3, -0.25) is 0 Å². The van der Waals surface area contributed by atoms with E-state index < -0.39 is 0 Å². The Morgan fingerprint density at radius 1 is 0.765 bits per heavy atom. The van der Waals surface area contributed by atoms with Crippen LogP contribution in [-0.2, 0) is 5.41 Å². The summed E-state index contributed by atoms with van der Waals surface area (Å²) >= 11 is 0. The van der Waals surface area contributed by atoms with E-state index in [0.717, 1.165) is 0 Å². The molecule has 0 aliphatic rings. The van der Waals surface area contributed by atoms with Crippen LogP contribution in [0.25, 0.3) is 0 Å². The number of rotatable bonds is 2. The van der Waals surface area contributed by atoms with E-state index in [9.17, 15) is 5.11 Å². The molecule has 0 saturated carbocycles. The van der Waals surface area contributed by atoms with Gasteiger partial charge in [-0.15, -0.1) is 5.75 Å². The Balaban J connectivity index is 0.00000144. The number of hydrogen-bond donors (Lipinski definition) is 0. The fourth-order valence-corrected chi connectivity index (χ4v) is 1.89. The smallest absolute Gasteiger partial charge is 0.872 e. The zero-order valence-corrected chi connectivity index (χ0v) is 12.6. The number of benzene rings is 2. The van der Waals surface area contributed by atoms with Crippen LogP contribution in [0.2, 0.25) is 0 Å². The molecule has 2 aromatic carbocycles. The third kappa shape index (κ3) is 3.12. The molecule has 2 heteroatoms. The largest absolute Gasteiger partial charge is 1.00 e. The van der Waals surface area contributed by atoms with Crippen LogP contribution in [0.3, 0.4) is 0 Å². The minimum atomic E-state index is -0.0606. The predicted molar refractivity (Wildman–Crippen MR) is 64.5 cm³/mol. The first kappa shape index (κ1) is 14.3. The molecule has 0 heterocycles. The van der Waals surface area contributed by atoms with Crippen molar-refractivity contribution >= 4 is 0 Å². The zero-order valence-electron chi connectivity index (χ0n) is 10.6. The summed E-state index contributed by atoms with van der Waals surface area (Å²) in [4.78, 5) is 0. The summed E-state index contributed by atoms with van der Waals surface area (Å²) in [5, 5.41) is 11.1. The van der Waals surface area contributed by atoms with Crippen LogP contribution >= 0.6 is 0 Å². The standard InChI is InChI=1S/C15H16O.Na/c1-15(2,12-6-4-3-5-7-12)13-8-10-14(16)11-9-13;/h3-11,16H,1-2H3;/q;+1/p-1. The van der Waals surface area contributed by atoms with Crippen molar-refractivity contribution in [2.75, 3.05) is 0 Å². The van der Waals surface area contributed by atoms with Crippen molar-refractivity contribution in [1.82, 2.24) is 0 Å². The van der Waals surface area contributed by atoms with E-state index in [4.69, 9.17) is 0 Å². The van der Waals surface area contributed by atoms with Gasteiger partial charge in [-0.1, -0.05) is 68.4 Å². The molecule has 1 nitrogen and oxygen atoms in total. The second-order valence-electron chi connectivity index (χ2n) is 4.52. The number of hydrogen-bond acceptors (Lipinski definition) is 1. The van der Waals surface area contributed by atoms with Gasteiger partial charge in [-0.2, -0.15) is 0 Å². The first-order valence-corrected chi connectivity index (χ1v) is 5.44. The van der Waals surface area contributed by atoms with E-state index >= 15 is 0 Å². The van der Waals surface area contributed by atoms with E-state index in [2.05, 4.69) is 26.0 Å². The quantitative estimate of drug-likeness (QED) is 0.675. The van der Waals surface area contributed by atoms with Gasteiger partial charge in [-0.05, 0) is 11.1 Å². The molecule has 0 aromatic heterocycles. The molecule has 17 heavy (non-hydrogen) atoms. The maximum Gasteiger partial charge on any atom is 1.00 e. The molecule has 2 rings (SSSR count). The van der Waals surface area contributed by atoms with Gasteiger partial charge in [0, 0.05) is 5.41 Å². The Morgan fingerprint density at radius 2 is 1.24 bits per heavy atom. The van der Waals surface area contributed by atoms with Crippen LogP contribution in [0.15, 0.2) is 54.6 Å². The Bertz CT molecular complexity index is 460. The summed E-state index contributed by atoms with van der Waals surface area (Å²) in [5.41, 5.74) is 2.36. The van der Waals surface area contributed by atoms with Crippen molar-refractivity contribution in [3.8, 4) is 5.75 Å². The average molecular weight is 234 g/mol. The second kappa shape index (κ2) is 5.72. The molecular formula is C15H15NaO. The molecule has 0 fully saturated rings. The Hall–Kier alpha value is -0.760. The molecular weight excluding hydrogens is 219 g/mol. The van der Waals surface area contributed by atoms with Gasteiger partial charge in [-0.25, -0.2) is 0 Å². The van der Waals surface area contributed by atoms with Gasteiger partial charge in [0.05, 0.1) is 0 Å². The maximum atomic E-state index is 11.1. The van der Waals surface area contributed by atoms with Gasteiger partial charge < -0.3 is 5.11 Å². The monoisotopic (exact) mass is 234 g/mol. The molecule has 0 saturated heterocycles. The molecule has 0 bridgehead atoms. The van der Waals surface area contributed by atoms with Crippen molar-refractivity contribution in [2.45, 2.75) is 19.3 Å². The van der Waals surface area contributed by atoms with Gasteiger partial charge >= 0.3 is 29.6 Å². The summed E-state index contributed by atoms with van der Waals surface area (Å²) in [6, 6.07) is 17.4. The minimum absolute atomic E-state index is 0. The third-order valence-corrected chi connectivity index (χ3v) is 3.07. The van der Waals surface area contributed by atoms with Crippen LogP contribution in [0, 0.1) is 0 Å². The van der Waals surface area contributed by atoms with Crippen LogP contribution in [0.5, 0.6) is 5.75 Å². The van der Waals surface area contributed by atoms with E-state index in [0.29, 0.717) is 0 Å². The predicted octanol–water partition coefficient (Wildman–Crippen LogP) is 0.0901. The van der Waals surface area contributed by atoms with Crippen molar-refractivity contribution in [2.24, 2.45) is 0 Å². The SMILES string of the molecule is CC(C)(c1ccccc1)c1ccc([O-])cc1.[Na+]. The first-order valence-electron chi connectivity index (χ1n) is 5.44. The topological polar surface area (TPSA) is 23.1 Å². The minimum Gasteiger partial charge on any atom is -0.872 e. The molecule has 0 amide bonds. The Morgan fingerprint density at radius 3 is 1.76 bits per heavy atom. The third-order valence-electron chi connectivity index (χ3n) is 3.07. The molecule has 2 aromatic rings. The van der Waals surface area contributed by atoms with E-state index in [1.165, 1.54) is 11.1 Å². The average Bonchev–Trinajstić information content (AvgIpc) is 2.31. The molecule has 0 N–H and O–H groups in total. The summed E-state index contributed by atoms with van der Waals surface area (Å²) < 4.78 is 0. The van der Waals surface area contributed by atoms with Gasteiger partial charge in [0.2, 0.25) is 0 Å². The fraction of sp³-hybridized carbons (Fsp3) is 0.200. The van der Waals surface area contributed by atoms with Crippen LogP contribution in [0.4, 0.5) is 0 Å². The Kier molecular flexibility index (Phi) is 4.81. The van der Waals surface area contributed by atoms with Gasteiger partial charge in [0.1, 0.15) is 0 Å². The fourth-order valence-electron chi connectivity index (χ4n) is 1.89. The van der Waals surface area contributed by atoms with Crippen molar-refractivity contribution in [3.63, 3.8) is 0 Å². The van der Waals surface area contributed by atoms with E-state index in [-0.39, 0.29) is 40.7 Å². The second-order valence-corrected chi connectivity index (χ2v) is 4.52. The van der Waals surface area contributed by atoms with E-state index in [1.54, 1.807) is 12.1 Å². The molecule has 0 atom stereocenters. The molecule has 82 valence electrons. The zero-order chi connectivity index (χ0) is 11.6. The summed E-state index contributed by atoms with van der Waals surface area (Å²) in [7, 11) is 0. The van der Waals surface area contributed by atoms with Crippen molar-refractivity contribution in [1.29, 1.82) is 0 Å². The maximum absolute atomic E-state index is 11.1. The molecule has 0 unspecified atom stereocenters. The molecule has 0 aliphatic carbocycles. The van der Waals surface area contributed by atoms with Gasteiger partial charge in [0.15, 0.2) is 0 Å². The first-order chi connectivity index (χ1) is 7.60. The van der Waals surface area contributed by atoms with Crippen LogP contribution < -0.4 is 34.7 Å². The van der Waals surface area contributed by atoms with Gasteiger partial charge in [0.25, 0.3) is 0 Å². The van der Waals surface area contributed by atoms with Crippen LogP contribution in [-0.4, -0.2) is 0 Å². The summed E-state index contributed by atoms with van der Waals surface area (Å²) in [6.07, 6.45) is 0. The Labute approximate surface area is 125 Å². The summed E-state index contributed by atoms with van der Waals surface area (Å²) in [5.74, 6) is 0.0626.